The standard InChI is InChI=1S/C16H15NO5S/c1-12(18)16(11-13-5-3-2-4-6-13)23(21,22)15-9-7-14(8-10-15)17(19)20/h2-10,16H,11H2,1H3. The summed E-state index contributed by atoms with van der Waals surface area (Å²) in [5.74, 6) is -0.466. The summed E-state index contributed by atoms with van der Waals surface area (Å²) in [5.41, 5.74) is 0.532. The van der Waals surface area contributed by atoms with E-state index in [9.17, 15) is 23.3 Å². The topological polar surface area (TPSA) is 94.3 Å². The van der Waals surface area contributed by atoms with Gasteiger partial charge in [-0.2, -0.15) is 0 Å². The maximum atomic E-state index is 12.7. The van der Waals surface area contributed by atoms with Gasteiger partial charge in [-0.25, -0.2) is 8.42 Å². The predicted octanol–water partition coefficient (Wildman–Crippen LogP) is 2.57. The van der Waals surface area contributed by atoms with Gasteiger partial charge in [-0.1, -0.05) is 30.3 Å². The molecule has 1 atom stereocenters. The minimum Gasteiger partial charge on any atom is -0.299 e. The van der Waals surface area contributed by atoms with Gasteiger partial charge in [0.2, 0.25) is 0 Å². The molecule has 0 heterocycles. The number of hydrogen-bond donors (Lipinski definition) is 0. The first-order valence-corrected chi connectivity index (χ1v) is 8.39. The number of carbonyl (C=O) groups is 1. The highest BCUT2D eigenvalue weighted by atomic mass is 32.2. The third-order valence-electron chi connectivity index (χ3n) is 3.47. The highest BCUT2D eigenvalue weighted by Crippen LogP contribution is 2.22. The Labute approximate surface area is 133 Å². The van der Waals surface area contributed by atoms with E-state index < -0.39 is 25.8 Å². The van der Waals surface area contributed by atoms with Crippen molar-refractivity contribution in [2.75, 3.05) is 0 Å². The number of nitrogens with zero attached hydrogens (tertiary/aromatic N) is 1. The highest BCUT2D eigenvalue weighted by Gasteiger charge is 2.31. The number of ketones is 1. The number of rotatable bonds is 6. The lowest BCUT2D eigenvalue weighted by atomic mass is 10.1. The molecule has 0 aliphatic carbocycles. The van der Waals surface area contributed by atoms with Crippen LogP contribution < -0.4 is 0 Å². The van der Waals surface area contributed by atoms with E-state index in [0.717, 1.165) is 29.8 Å². The molecule has 23 heavy (non-hydrogen) atoms. The Morgan fingerprint density at radius 3 is 2.13 bits per heavy atom. The summed E-state index contributed by atoms with van der Waals surface area (Å²) in [6.45, 7) is 1.23. The van der Waals surface area contributed by atoms with Crippen LogP contribution in [0.15, 0.2) is 59.5 Å². The number of sulfone groups is 1. The van der Waals surface area contributed by atoms with Crippen molar-refractivity contribution in [3.8, 4) is 0 Å². The molecular weight excluding hydrogens is 318 g/mol. The van der Waals surface area contributed by atoms with E-state index in [1.165, 1.54) is 6.92 Å². The van der Waals surface area contributed by atoms with E-state index in [1.54, 1.807) is 30.3 Å². The van der Waals surface area contributed by atoms with Crippen LogP contribution in [0, 0.1) is 10.1 Å². The van der Waals surface area contributed by atoms with E-state index >= 15 is 0 Å². The van der Waals surface area contributed by atoms with Crippen molar-refractivity contribution in [3.63, 3.8) is 0 Å². The molecule has 0 aliphatic rings. The van der Waals surface area contributed by atoms with E-state index in [0.29, 0.717) is 0 Å². The summed E-state index contributed by atoms with van der Waals surface area (Å²) >= 11 is 0. The van der Waals surface area contributed by atoms with Gasteiger partial charge in [0, 0.05) is 12.1 Å². The van der Waals surface area contributed by atoms with E-state index in [1.807, 2.05) is 0 Å². The summed E-state index contributed by atoms with van der Waals surface area (Å²) in [5, 5.41) is 9.43. The van der Waals surface area contributed by atoms with E-state index in [2.05, 4.69) is 0 Å². The summed E-state index contributed by atoms with van der Waals surface area (Å²) in [6, 6.07) is 13.4. The largest absolute Gasteiger partial charge is 0.299 e. The number of non-ortho nitro benzene ring substituents is 1. The van der Waals surface area contributed by atoms with E-state index in [4.69, 9.17) is 0 Å². The zero-order chi connectivity index (χ0) is 17.0. The fraction of sp³-hybridized carbons (Fsp3) is 0.188. The second kappa shape index (κ2) is 6.70. The van der Waals surface area contributed by atoms with Crippen LogP contribution in [-0.4, -0.2) is 24.4 Å². The second-order valence-electron chi connectivity index (χ2n) is 5.09. The molecular formula is C16H15NO5S. The smallest absolute Gasteiger partial charge is 0.269 e. The van der Waals surface area contributed by atoms with Gasteiger partial charge >= 0.3 is 0 Å². The fourth-order valence-electron chi connectivity index (χ4n) is 2.22. The average molecular weight is 333 g/mol. The number of Topliss-reactive ketones (excluding diaryl/α,β-unsaturated/α-hetero) is 1. The quantitative estimate of drug-likeness (QED) is 0.598. The lowest BCUT2D eigenvalue weighted by Crippen LogP contribution is -2.31. The van der Waals surface area contributed by atoms with Crippen molar-refractivity contribution in [2.45, 2.75) is 23.5 Å². The zero-order valence-electron chi connectivity index (χ0n) is 12.4. The first kappa shape index (κ1) is 16.8. The number of nitro groups is 1. The van der Waals surface area contributed by atoms with Crippen LogP contribution in [-0.2, 0) is 21.1 Å². The molecule has 0 amide bonds. The van der Waals surface area contributed by atoms with Crippen molar-refractivity contribution >= 4 is 21.3 Å². The minimum atomic E-state index is -3.91. The number of nitro benzene ring substituents is 1. The third kappa shape index (κ3) is 3.81. The first-order valence-electron chi connectivity index (χ1n) is 6.85. The summed E-state index contributed by atoms with van der Waals surface area (Å²) in [6.07, 6.45) is 0.0650. The third-order valence-corrected chi connectivity index (χ3v) is 5.64. The van der Waals surface area contributed by atoms with Crippen LogP contribution >= 0.6 is 0 Å². The van der Waals surface area contributed by atoms with E-state index in [-0.39, 0.29) is 17.0 Å². The average Bonchev–Trinajstić information content (AvgIpc) is 2.53. The van der Waals surface area contributed by atoms with Crippen molar-refractivity contribution in [1.82, 2.24) is 0 Å². The molecule has 0 fully saturated rings. The highest BCUT2D eigenvalue weighted by molar-refractivity contribution is 7.92. The Morgan fingerprint density at radius 1 is 1.09 bits per heavy atom. The molecule has 0 saturated carbocycles. The van der Waals surface area contributed by atoms with Gasteiger partial charge in [0.05, 0.1) is 9.82 Å². The molecule has 0 bridgehead atoms. The normalized spacial score (nSPS) is 12.6. The van der Waals surface area contributed by atoms with Gasteiger partial charge in [0.1, 0.15) is 11.0 Å². The predicted molar refractivity (Wildman–Crippen MR) is 84.9 cm³/mol. The van der Waals surface area contributed by atoms with Gasteiger partial charge in [-0.05, 0) is 31.0 Å². The Kier molecular flexibility index (Phi) is 4.90. The molecule has 2 aromatic carbocycles. The second-order valence-corrected chi connectivity index (χ2v) is 7.22. The van der Waals surface area contributed by atoms with Crippen molar-refractivity contribution in [1.29, 1.82) is 0 Å². The van der Waals surface area contributed by atoms with Gasteiger partial charge in [0.25, 0.3) is 5.69 Å². The van der Waals surface area contributed by atoms with Gasteiger partial charge in [0.15, 0.2) is 9.84 Å². The number of carbonyl (C=O) groups excluding carboxylic acids is 1. The van der Waals surface area contributed by atoms with Gasteiger partial charge in [-0.15, -0.1) is 0 Å². The molecule has 0 aromatic heterocycles. The number of hydrogen-bond acceptors (Lipinski definition) is 5. The molecule has 0 saturated heterocycles. The van der Waals surface area contributed by atoms with Crippen LogP contribution in [0.3, 0.4) is 0 Å². The summed E-state index contributed by atoms with van der Waals surface area (Å²) in [7, 11) is -3.91. The van der Waals surface area contributed by atoms with Crippen LogP contribution in [0.4, 0.5) is 5.69 Å². The lowest BCUT2D eigenvalue weighted by molar-refractivity contribution is -0.384. The summed E-state index contributed by atoms with van der Waals surface area (Å²) in [4.78, 5) is 21.8. The molecule has 0 N–H and O–H groups in total. The molecule has 0 aliphatic heterocycles. The molecule has 1 unspecified atom stereocenters. The maximum absolute atomic E-state index is 12.7. The van der Waals surface area contributed by atoms with Crippen molar-refractivity contribution in [3.05, 3.63) is 70.3 Å². The Balaban J connectivity index is 2.37. The van der Waals surface area contributed by atoms with Crippen molar-refractivity contribution in [2.24, 2.45) is 0 Å². The zero-order valence-corrected chi connectivity index (χ0v) is 13.2. The maximum Gasteiger partial charge on any atom is 0.269 e. The molecule has 2 rings (SSSR count). The van der Waals surface area contributed by atoms with Gasteiger partial charge in [-0.3, -0.25) is 14.9 Å². The lowest BCUT2D eigenvalue weighted by Gasteiger charge is -2.15. The Hall–Kier alpha value is -2.54. The van der Waals surface area contributed by atoms with Crippen LogP contribution in [0.2, 0.25) is 0 Å². The van der Waals surface area contributed by atoms with Crippen LogP contribution in [0.1, 0.15) is 12.5 Å². The SMILES string of the molecule is CC(=O)C(Cc1ccccc1)S(=O)(=O)c1ccc([N+](=O)[O-])cc1. The summed E-state index contributed by atoms with van der Waals surface area (Å²) < 4.78 is 25.3. The minimum absolute atomic E-state index is 0.0650. The first-order chi connectivity index (χ1) is 10.8. The molecule has 2 aromatic rings. The molecule has 0 radical (unpaired) electrons. The van der Waals surface area contributed by atoms with Gasteiger partial charge < -0.3 is 0 Å². The molecule has 6 nitrogen and oxygen atoms in total. The molecule has 120 valence electrons. The fourth-order valence-corrected chi connectivity index (χ4v) is 3.91. The number of benzene rings is 2. The Morgan fingerprint density at radius 2 is 1.65 bits per heavy atom. The van der Waals surface area contributed by atoms with Crippen LogP contribution in [0.5, 0.6) is 0 Å². The monoisotopic (exact) mass is 333 g/mol. The molecule has 7 heteroatoms. The molecule has 0 spiro atoms. The Bertz CT molecular complexity index is 813. The van der Waals surface area contributed by atoms with Crippen molar-refractivity contribution < 1.29 is 18.1 Å². The van der Waals surface area contributed by atoms with Crippen LogP contribution in [0.25, 0.3) is 0 Å².